The van der Waals surface area contributed by atoms with Gasteiger partial charge in [0.05, 0.1) is 17.8 Å². The van der Waals surface area contributed by atoms with Gasteiger partial charge in [-0.3, -0.25) is 10.00 Å². The first-order chi connectivity index (χ1) is 14.7. The number of piperazine rings is 1. The maximum atomic E-state index is 5.77. The summed E-state index contributed by atoms with van der Waals surface area (Å²) in [7, 11) is 0. The number of H-pyrrole nitrogens is 1. The molecule has 2 fully saturated rings. The quantitative estimate of drug-likeness (QED) is 0.673. The smallest absolute Gasteiger partial charge is 0.214 e. The molecule has 0 bridgehead atoms. The van der Waals surface area contributed by atoms with E-state index >= 15 is 0 Å². The summed E-state index contributed by atoms with van der Waals surface area (Å²) >= 11 is 0. The molecule has 1 aliphatic heterocycles. The number of anilines is 1. The summed E-state index contributed by atoms with van der Waals surface area (Å²) < 4.78 is 5.77. The second-order valence-electron chi connectivity index (χ2n) is 8.79. The van der Waals surface area contributed by atoms with Crippen molar-refractivity contribution in [2.45, 2.75) is 39.2 Å². The van der Waals surface area contributed by atoms with Crippen molar-refractivity contribution in [3.63, 3.8) is 0 Å². The number of fused-ring (bicyclic) bond motifs is 1. The highest BCUT2D eigenvalue weighted by molar-refractivity contribution is 5.93. The van der Waals surface area contributed by atoms with Crippen LogP contribution in [0, 0.1) is 5.92 Å². The molecule has 0 radical (unpaired) electrons. The molecule has 1 saturated heterocycles. The summed E-state index contributed by atoms with van der Waals surface area (Å²) in [6.07, 6.45) is 8.01. The van der Waals surface area contributed by atoms with E-state index in [1.54, 1.807) is 6.20 Å². The molecule has 1 N–H and O–H groups in total. The molecule has 7 nitrogen and oxygen atoms in total. The van der Waals surface area contributed by atoms with E-state index in [1.165, 1.54) is 25.8 Å². The van der Waals surface area contributed by atoms with Crippen LogP contribution < -0.4 is 9.64 Å². The Kier molecular flexibility index (Phi) is 5.29. The first-order valence-corrected chi connectivity index (χ1v) is 11.1. The topological polar surface area (TPSA) is 70.2 Å². The number of rotatable bonds is 6. The molecule has 0 aromatic carbocycles. The van der Waals surface area contributed by atoms with Crippen molar-refractivity contribution in [2.24, 2.45) is 5.92 Å². The Labute approximate surface area is 177 Å². The van der Waals surface area contributed by atoms with E-state index in [4.69, 9.17) is 4.74 Å². The van der Waals surface area contributed by atoms with Gasteiger partial charge in [-0.1, -0.05) is 6.42 Å². The van der Waals surface area contributed by atoms with Crippen LogP contribution in [-0.4, -0.2) is 63.9 Å². The lowest BCUT2D eigenvalue weighted by molar-refractivity contribution is 0.170. The van der Waals surface area contributed by atoms with Crippen molar-refractivity contribution >= 4 is 16.7 Å². The van der Waals surface area contributed by atoms with Crippen LogP contribution >= 0.6 is 0 Å². The second kappa shape index (κ2) is 8.22. The van der Waals surface area contributed by atoms with Crippen molar-refractivity contribution in [1.82, 2.24) is 25.1 Å². The van der Waals surface area contributed by atoms with E-state index in [0.29, 0.717) is 5.88 Å². The predicted octanol–water partition coefficient (Wildman–Crippen LogP) is 3.73. The van der Waals surface area contributed by atoms with Crippen molar-refractivity contribution in [2.75, 3.05) is 37.6 Å². The number of aromatic amines is 1. The number of pyridine rings is 2. The number of nitrogens with zero attached hydrogens (tertiary/aromatic N) is 5. The molecular weight excluding hydrogens is 376 g/mol. The van der Waals surface area contributed by atoms with E-state index in [0.717, 1.165) is 60.1 Å². The summed E-state index contributed by atoms with van der Waals surface area (Å²) in [5, 5.41) is 8.67. The van der Waals surface area contributed by atoms with Gasteiger partial charge >= 0.3 is 0 Å². The Morgan fingerprint density at radius 3 is 2.70 bits per heavy atom. The highest BCUT2D eigenvalue weighted by atomic mass is 16.5. The third-order valence-corrected chi connectivity index (χ3v) is 6.23. The lowest BCUT2D eigenvalue weighted by Crippen LogP contribution is -2.48. The highest BCUT2D eigenvalue weighted by Gasteiger charge is 2.24. The molecule has 3 aromatic rings. The van der Waals surface area contributed by atoms with Gasteiger partial charge in [0, 0.05) is 55.9 Å². The lowest BCUT2D eigenvalue weighted by atomic mass is 9.85. The predicted molar refractivity (Wildman–Crippen MR) is 119 cm³/mol. The molecule has 158 valence electrons. The molecular formula is C23H30N6O. The van der Waals surface area contributed by atoms with Crippen LogP contribution in [0.4, 0.5) is 5.82 Å². The zero-order valence-corrected chi connectivity index (χ0v) is 17.8. The van der Waals surface area contributed by atoms with Crippen molar-refractivity contribution in [3.05, 3.63) is 30.6 Å². The fourth-order valence-corrected chi connectivity index (χ4v) is 4.36. The molecule has 7 heteroatoms. The fourth-order valence-electron chi connectivity index (χ4n) is 4.36. The van der Waals surface area contributed by atoms with Gasteiger partial charge < -0.3 is 9.64 Å². The van der Waals surface area contributed by atoms with E-state index < -0.39 is 0 Å². The van der Waals surface area contributed by atoms with Crippen molar-refractivity contribution in [1.29, 1.82) is 0 Å². The minimum atomic E-state index is 0.0841. The minimum absolute atomic E-state index is 0.0841. The lowest BCUT2D eigenvalue weighted by Gasteiger charge is -2.39. The zero-order valence-electron chi connectivity index (χ0n) is 17.8. The molecule has 0 unspecified atom stereocenters. The summed E-state index contributed by atoms with van der Waals surface area (Å²) in [6, 6.07) is 6.14. The average Bonchev–Trinajstić information content (AvgIpc) is 3.14. The van der Waals surface area contributed by atoms with Gasteiger partial charge in [-0.25, -0.2) is 9.97 Å². The Balaban J connectivity index is 1.33. The molecule has 5 rings (SSSR count). The highest BCUT2D eigenvalue weighted by Crippen LogP contribution is 2.31. The molecule has 3 aromatic heterocycles. The molecule has 4 heterocycles. The molecule has 0 spiro atoms. The van der Waals surface area contributed by atoms with E-state index in [-0.39, 0.29) is 6.10 Å². The minimum Gasteiger partial charge on any atom is -0.475 e. The number of aromatic nitrogens is 4. The summed E-state index contributed by atoms with van der Waals surface area (Å²) in [5.41, 5.74) is 2.88. The van der Waals surface area contributed by atoms with Crippen LogP contribution in [0.25, 0.3) is 22.2 Å². The SMILES string of the molecule is CC(C)Oc1cc2c(-c3ccnc(N4CCN(CC5CCC5)CC4)c3)n[nH]c2cn1. The third-order valence-electron chi connectivity index (χ3n) is 6.23. The van der Waals surface area contributed by atoms with Crippen molar-refractivity contribution < 1.29 is 4.74 Å². The molecule has 0 atom stereocenters. The summed E-state index contributed by atoms with van der Waals surface area (Å²) in [6.45, 7) is 9.58. The molecule has 1 aliphatic carbocycles. The first-order valence-electron chi connectivity index (χ1n) is 11.1. The first kappa shape index (κ1) is 19.3. The van der Waals surface area contributed by atoms with Gasteiger partial charge in [-0.05, 0) is 44.7 Å². The van der Waals surface area contributed by atoms with Gasteiger partial charge in [0.15, 0.2) is 0 Å². The van der Waals surface area contributed by atoms with Crippen LogP contribution in [0.5, 0.6) is 5.88 Å². The third kappa shape index (κ3) is 3.99. The number of hydrogen-bond acceptors (Lipinski definition) is 6. The second-order valence-corrected chi connectivity index (χ2v) is 8.79. The van der Waals surface area contributed by atoms with Crippen LogP contribution in [0.15, 0.2) is 30.6 Å². The molecule has 30 heavy (non-hydrogen) atoms. The van der Waals surface area contributed by atoms with Crippen LogP contribution in [0.3, 0.4) is 0 Å². The number of ether oxygens (including phenoxy) is 1. The maximum Gasteiger partial charge on any atom is 0.214 e. The molecule has 0 amide bonds. The van der Waals surface area contributed by atoms with Crippen LogP contribution in [0.1, 0.15) is 33.1 Å². The van der Waals surface area contributed by atoms with Gasteiger partial charge in [0.1, 0.15) is 11.5 Å². The molecule has 1 saturated carbocycles. The monoisotopic (exact) mass is 406 g/mol. The number of nitrogens with one attached hydrogen (secondary N) is 1. The van der Waals surface area contributed by atoms with Crippen LogP contribution in [-0.2, 0) is 0 Å². The van der Waals surface area contributed by atoms with E-state index in [1.807, 2.05) is 32.2 Å². The normalized spacial score (nSPS) is 18.2. The van der Waals surface area contributed by atoms with E-state index in [9.17, 15) is 0 Å². The summed E-state index contributed by atoms with van der Waals surface area (Å²) in [4.78, 5) is 14.0. The fraction of sp³-hybridized carbons (Fsp3) is 0.522. The van der Waals surface area contributed by atoms with E-state index in [2.05, 4.69) is 36.0 Å². The van der Waals surface area contributed by atoms with Crippen molar-refractivity contribution in [3.8, 4) is 17.1 Å². The zero-order chi connectivity index (χ0) is 20.5. The van der Waals surface area contributed by atoms with Gasteiger partial charge in [0.2, 0.25) is 5.88 Å². The average molecular weight is 407 g/mol. The van der Waals surface area contributed by atoms with Gasteiger partial charge in [0.25, 0.3) is 0 Å². The Hall–Kier alpha value is -2.67. The maximum absolute atomic E-state index is 5.77. The standard InChI is InChI=1S/C23H30N6O/c1-16(2)30-22-13-19-20(14-25-22)26-27-23(19)18-6-7-24-21(12-18)29-10-8-28(9-11-29)15-17-4-3-5-17/h6-7,12-14,16-17H,3-5,8-11,15H2,1-2H3,(H,26,27). The molecule has 2 aliphatic rings. The summed E-state index contributed by atoms with van der Waals surface area (Å²) in [5.74, 6) is 2.58. The van der Waals surface area contributed by atoms with Crippen LogP contribution in [0.2, 0.25) is 0 Å². The Morgan fingerprint density at radius 1 is 1.13 bits per heavy atom. The number of hydrogen-bond donors (Lipinski definition) is 1. The largest absolute Gasteiger partial charge is 0.475 e. The Morgan fingerprint density at radius 2 is 1.97 bits per heavy atom. The van der Waals surface area contributed by atoms with Gasteiger partial charge in [-0.15, -0.1) is 0 Å². The van der Waals surface area contributed by atoms with Gasteiger partial charge in [-0.2, -0.15) is 5.10 Å². The Bertz CT molecular complexity index is 1000.